The lowest BCUT2D eigenvalue weighted by atomic mass is 10.2. The maximum Gasteiger partial charge on any atom is 0.322 e. The zero-order valence-electron chi connectivity index (χ0n) is 11.8. The van der Waals surface area contributed by atoms with E-state index in [1.807, 2.05) is 41.3 Å². The van der Waals surface area contributed by atoms with E-state index in [0.717, 1.165) is 29.9 Å². The Bertz CT molecular complexity index is 606. The number of rotatable bonds is 5. The molecule has 21 heavy (non-hydrogen) atoms. The van der Waals surface area contributed by atoms with Crippen molar-refractivity contribution in [2.24, 2.45) is 5.73 Å². The number of hydrogen-bond donors (Lipinski definition) is 2. The van der Waals surface area contributed by atoms with Gasteiger partial charge in [-0.25, -0.2) is 4.79 Å². The van der Waals surface area contributed by atoms with Gasteiger partial charge in [0.1, 0.15) is 5.76 Å². The Morgan fingerprint density at radius 2 is 2.19 bits per heavy atom. The quantitative estimate of drug-likeness (QED) is 0.887. The fourth-order valence-corrected chi connectivity index (χ4v) is 2.29. The molecule has 1 aromatic heterocycles. The number of carbonyl (C=O) groups excluding carboxylic acids is 1. The van der Waals surface area contributed by atoms with Crippen LogP contribution in [0, 0.1) is 0 Å². The van der Waals surface area contributed by atoms with Gasteiger partial charge in [-0.05, 0) is 42.7 Å². The highest BCUT2D eigenvalue weighted by molar-refractivity contribution is 5.89. The molecule has 1 aliphatic rings. The first-order chi connectivity index (χ1) is 10.3. The van der Waals surface area contributed by atoms with Crippen LogP contribution in [0.15, 0.2) is 47.1 Å². The summed E-state index contributed by atoms with van der Waals surface area (Å²) in [6.07, 6.45) is 3.73. The molecule has 0 bridgehead atoms. The van der Waals surface area contributed by atoms with Gasteiger partial charge in [-0.2, -0.15) is 0 Å². The highest BCUT2D eigenvalue weighted by Gasteiger charge is 2.33. The Labute approximate surface area is 123 Å². The molecule has 2 amide bonds. The fraction of sp³-hybridized carbons (Fsp3) is 0.312. The topological polar surface area (TPSA) is 71.5 Å². The van der Waals surface area contributed by atoms with Crippen molar-refractivity contribution in [1.29, 1.82) is 0 Å². The summed E-state index contributed by atoms with van der Waals surface area (Å²) in [6.45, 7) is 0.961. The second-order valence-corrected chi connectivity index (χ2v) is 5.27. The highest BCUT2D eigenvalue weighted by atomic mass is 16.3. The minimum absolute atomic E-state index is 0.0944. The molecule has 1 heterocycles. The van der Waals surface area contributed by atoms with Gasteiger partial charge in [0, 0.05) is 18.3 Å². The van der Waals surface area contributed by atoms with Gasteiger partial charge < -0.3 is 20.4 Å². The largest absolute Gasteiger partial charge is 0.467 e. The lowest BCUT2D eigenvalue weighted by Gasteiger charge is -2.22. The van der Waals surface area contributed by atoms with Crippen LogP contribution >= 0.6 is 0 Å². The normalized spacial score (nSPS) is 14.0. The summed E-state index contributed by atoms with van der Waals surface area (Å²) in [5.41, 5.74) is 7.39. The van der Waals surface area contributed by atoms with Crippen molar-refractivity contribution in [2.75, 3.05) is 5.32 Å². The van der Waals surface area contributed by atoms with E-state index in [0.29, 0.717) is 19.1 Å². The lowest BCUT2D eigenvalue weighted by molar-refractivity contribution is 0.201. The van der Waals surface area contributed by atoms with Gasteiger partial charge in [-0.1, -0.05) is 12.1 Å². The van der Waals surface area contributed by atoms with Gasteiger partial charge in [0.25, 0.3) is 0 Å². The molecule has 110 valence electrons. The minimum Gasteiger partial charge on any atom is -0.467 e. The Balaban J connectivity index is 1.69. The number of benzene rings is 1. The third kappa shape index (κ3) is 3.44. The van der Waals surface area contributed by atoms with Crippen LogP contribution in [0.2, 0.25) is 0 Å². The molecule has 1 aliphatic carbocycles. The Morgan fingerprint density at radius 3 is 2.86 bits per heavy atom. The number of amides is 2. The number of nitrogens with one attached hydrogen (secondary N) is 1. The summed E-state index contributed by atoms with van der Waals surface area (Å²) < 4.78 is 5.34. The van der Waals surface area contributed by atoms with Gasteiger partial charge >= 0.3 is 6.03 Å². The molecular formula is C16H19N3O2. The van der Waals surface area contributed by atoms with Crippen LogP contribution < -0.4 is 11.1 Å². The van der Waals surface area contributed by atoms with E-state index in [4.69, 9.17) is 10.2 Å². The predicted octanol–water partition coefficient (Wildman–Crippen LogP) is 2.93. The van der Waals surface area contributed by atoms with E-state index in [9.17, 15) is 4.79 Å². The highest BCUT2D eigenvalue weighted by Crippen LogP contribution is 2.29. The first-order valence-electron chi connectivity index (χ1n) is 7.15. The molecule has 0 radical (unpaired) electrons. The van der Waals surface area contributed by atoms with Crippen molar-refractivity contribution in [2.45, 2.75) is 32.0 Å². The standard InChI is InChI=1S/C16H19N3O2/c17-10-12-3-1-4-13(9-12)18-16(20)19(14-6-7-14)11-15-5-2-8-21-15/h1-5,8-9,14H,6-7,10-11,17H2,(H,18,20). The summed E-state index contributed by atoms with van der Waals surface area (Å²) in [5, 5.41) is 2.94. The molecule has 1 saturated carbocycles. The van der Waals surface area contributed by atoms with Crippen LogP contribution in [0.25, 0.3) is 0 Å². The number of anilines is 1. The van der Waals surface area contributed by atoms with Crippen LogP contribution in [0.1, 0.15) is 24.2 Å². The van der Waals surface area contributed by atoms with Crippen molar-refractivity contribution in [1.82, 2.24) is 4.90 Å². The van der Waals surface area contributed by atoms with Gasteiger partial charge in [0.05, 0.1) is 12.8 Å². The van der Waals surface area contributed by atoms with E-state index in [1.54, 1.807) is 6.26 Å². The molecule has 2 aromatic rings. The van der Waals surface area contributed by atoms with Gasteiger partial charge in [0.2, 0.25) is 0 Å². The van der Waals surface area contributed by atoms with Gasteiger partial charge in [0.15, 0.2) is 0 Å². The van der Waals surface area contributed by atoms with E-state index in [1.165, 1.54) is 0 Å². The van der Waals surface area contributed by atoms with Crippen molar-refractivity contribution in [3.63, 3.8) is 0 Å². The van der Waals surface area contributed by atoms with Crippen LogP contribution in [0.3, 0.4) is 0 Å². The summed E-state index contributed by atoms with van der Waals surface area (Å²) in [6, 6.07) is 11.5. The van der Waals surface area contributed by atoms with Gasteiger partial charge in [-0.15, -0.1) is 0 Å². The van der Waals surface area contributed by atoms with E-state index >= 15 is 0 Å². The maximum absolute atomic E-state index is 12.5. The van der Waals surface area contributed by atoms with E-state index in [-0.39, 0.29) is 6.03 Å². The minimum atomic E-state index is -0.0944. The smallest absolute Gasteiger partial charge is 0.322 e. The first kappa shape index (κ1) is 13.7. The molecule has 0 saturated heterocycles. The average Bonchev–Trinajstić information content (AvgIpc) is 3.21. The molecular weight excluding hydrogens is 266 g/mol. The molecule has 3 rings (SSSR count). The van der Waals surface area contributed by atoms with E-state index < -0.39 is 0 Å². The maximum atomic E-state index is 12.5. The van der Waals surface area contributed by atoms with Crippen LogP contribution in [0.5, 0.6) is 0 Å². The molecule has 1 fully saturated rings. The number of nitrogens with zero attached hydrogens (tertiary/aromatic N) is 1. The molecule has 5 nitrogen and oxygen atoms in total. The Morgan fingerprint density at radius 1 is 1.33 bits per heavy atom. The van der Waals surface area contributed by atoms with Crippen molar-refractivity contribution in [3.05, 3.63) is 54.0 Å². The fourth-order valence-electron chi connectivity index (χ4n) is 2.29. The molecule has 5 heteroatoms. The summed E-state index contributed by atoms with van der Waals surface area (Å²) in [4.78, 5) is 14.3. The van der Waals surface area contributed by atoms with Crippen LogP contribution in [-0.4, -0.2) is 17.0 Å². The Kier molecular flexibility index (Phi) is 3.92. The second kappa shape index (κ2) is 6.01. The van der Waals surface area contributed by atoms with Crippen LogP contribution in [0.4, 0.5) is 10.5 Å². The van der Waals surface area contributed by atoms with Crippen molar-refractivity contribution >= 4 is 11.7 Å². The van der Waals surface area contributed by atoms with Crippen molar-refractivity contribution < 1.29 is 9.21 Å². The summed E-state index contributed by atoms with van der Waals surface area (Å²) in [7, 11) is 0. The first-order valence-corrected chi connectivity index (χ1v) is 7.15. The molecule has 0 atom stereocenters. The summed E-state index contributed by atoms with van der Waals surface area (Å²) >= 11 is 0. The number of hydrogen-bond acceptors (Lipinski definition) is 3. The molecule has 1 aromatic carbocycles. The number of carbonyl (C=O) groups is 1. The van der Waals surface area contributed by atoms with Crippen LogP contribution in [-0.2, 0) is 13.1 Å². The predicted molar refractivity (Wildman–Crippen MR) is 80.6 cm³/mol. The number of nitrogens with two attached hydrogens (primary N) is 1. The summed E-state index contributed by atoms with van der Waals surface area (Å²) in [5.74, 6) is 0.799. The monoisotopic (exact) mass is 285 g/mol. The second-order valence-electron chi connectivity index (χ2n) is 5.27. The Hall–Kier alpha value is -2.27. The lowest BCUT2D eigenvalue weighted by Crippen LogP contribution is -2.36. The number of urea groups is 1. The molecule has 0 unspecified atom stereocenters. The molecule has 3 N–H and O–H groups in total. The van der Waals surface area contributed by atoms with Crippen molar-refractivity contribution in [3.8, 4) is 0 Å². The number of furan rings is 1. The third-order valence-corrected chi connectivity index (χ3v) is 3.57. The molecule has 0 aliphatic heterocycles. The molecule has 0 spiro atoms. The van der Waals surface area contributed by atoms with Gasteiger partial charge in [-0.3, -0.25) is 0 Å². The van der Waals surface area contributed by atoms with E-state index in [2.05, 4.69) is 5.32 Å². The zero-order valence-corrected chi connectivity index (χ0v) is 11.8. The zero-order chi connectivity index (χ0) is 14.7. The third-order valence-electron chi connectivity index (χ3n) is 3.57. The SMILES string of the molecule is NCc1cccc(NC(=O)N(Cc2ccco2)C2CC2)c1. The average molecular weight is 285 g/mol.